The molecule has 1 saturated heterocycles. The Labute approximate surface area is 138 Å². The number of aliphatic hydroxyl groups excluding tert-OH is 1. The van der Waals surface area contributed by atoms with Crippen molar-refractivity contribution in [2.75, 3.05) is 19.6 Å². The SMILES string of the molecule is C#CCN1CCC(C(=O)NC(C)C(O)Cc2ccccc2)CC1. The highest BCUT2D eigenvalue weighted by atomic mass is 16.3. The van der Waals surface area contributed by atoms with Crippen molar-refractivity contribution in [3.63, 3.8) is 0 Å². The molecular weight excluding hydrogens is 288 g/mol. The molecule has 2 N–H and O–H groups in total. The van der Waals surface area contributed by atoms with Crippen molar-refractivity contribution in [2.24, 2.45) is 5.92 Å². The van der Waals surface area contributed by atoms with Crippen molar-refractivity contribution in [1.82, 2.24) is 10.2 Å². The molecule has 1 aliphatic rings. The number of carbonyl (C=O) groups is 1. The first kappa shape index (κ1) is 17.5. The Morgan fingerprint density at radius 1 is 1.39 bits per heavy atom. The van der Waals surface area contributed by atoms with E-state index >= 15 is 0 Å². The van der Waals surface area contributed by atoms with Crippen molar-refractivity contribution in [1.29, 1.82) is 0 Å². The number of aliphatic hydroxyl groups is 1. The van der Waals surface area contributed by atoms with Gasteiger partial charge in [-0.25, -0.2) is 0 Å². The van der Waals surface area contributed by atoms with Gasteiger partial charge in [-0.2, -0.15) is 0 Å². The summed E-state index contributed by atoms with van der Waals surface area (Å²) in [6, 6.07) is 9.57. The average Bonchev–Trinajstić information content (AvgIpc) is 2.56. The van der Waals surface area contributed by atoms with Gasteiger partial charge < -0.3 is 10.4 Å². The van der Waals surface area contributed by atoms with Crippen molar-refractivity contribution in [3.8, 4) is 12.3 Å². The molecule has 23 heavy (non-hydrogen) atoms. The predicted octanol–water partition coefficient (Wildman–Crippen LogP) is 1.44. The van der Waals surface area contributed by atoms with E-state index in [1.165, 1.54) is 0 Å². The van der Waals surface area contributed by atoms with E-state index in [4.69, 9.17) is 6.42 Å². The minimum absolute atomic E-state index is 0.0235. The number of hydrogen-bond donors (Lipinski definition) is 2. The van der Waals surface area contributed by atoms with Crippen LogP contribution in [0.15, 0.2) is 30.3 Å². The number of terminal acetylenes is 1. The lowest BCUT2D eigenvalue weighted by Crippen LogP contribution is -2.47. The summed E-state index contributed by atoms with van der Waals surface area (Å²) in [6.07, 6.45) is 6.94. The molecule has 1 heterocycles. The maximum Gasteiger partial charge on any atom is 0.223 e. The average molecular weight is 314 g/mol. The molecule has 0 aromatic heterocycles. The van der Waals surface area contributed by atoms with E-state index in [1.807, 2.05) is 37.3 Å². The second-order valence-corrected chi connectivity index (χ2v) is 6.31. The van der Waals surface area contributed by atoms with Crippen molar-refractivity contribution in [3.05, 3.63) is 35.9 Å². The Balaban J connectivity index is 1.77. The number of benzene rings is 1. The molecule has 0 radical (unpaired) electrons. The van der Waals surface area contributed by atoms with E-state index in [9.17, 15) is 9.90 Å². The smallest absolute Gasteiger partial charge is 0.223 e. The van der Waals surface area contributed by atoms with Gasteiger partial charge in [0.25, 0.3) is 0 Å². The molecule has 0 aliphatic carbocycles. The summed E-state index contributed by atoms with van der Waals surface area (Å²) in [5.41, 5.74) is 1.07. The molecule has 1 aromatic rings. The second-order valence-electron chi connectivity index (χ2n) is 6.31. The number of hydrogen-bond acceptors (Lipinski definition) is 3. The van der Waals surface area contributed by atoms with Crippen LogP contribution in [0.4, 0.5) is 0 Å². The number of nitrogens with zero attached hydrogens (tertiary/aromatic N) is 1. The maximum atomic E-state index is 12.3. The lowest BCUT2D eigenvalue weighted by molar-refractivity contribution is -0.127. The van der Waals surface area contributed by atoms with Crippen LogP contribution >= 0.6 is 0 Å². The fourth-order valence-electron chi connectivity index (χ4n) is 2.95. The van der Waals surface area contributed by atoms with Crippen molar-refractivity contribution >= 4 is 5.91 Å². The summed E-state index contributed by atoms with van der Waals surface area (Å²) in [5.74, 6) is 2.71. The Kier molecular flexibility index (Phi) is 6.64. The third kappa shape index (κ3) is 5.38. The molecule has 2 atom stereocenters. The molecule has 124 valence electrons. The molecule has 1 fully saturated rings. The first-order chi connectivity index (χ1) is 11.1. The lowest BCUT2D eigenvalue weighted by Gasteiger charge is -2.31. The third-order valence-electron chi connectivity index (χ3n) is 4.51. The summed E-state index contributed by atoms with van der Waals surface area (Å²) < 4.78 is 0. The van der Waals surface area contributed by atoms with Gasteiger partial charge in [0.15, 0.2) is 0 Å². The van der Waals surface area contributed by atoms with Crippen LogP contribution in [0, 0.1) is 18.3 Å². The van der Waals surface area contributed by atoms with Crippen LogP contribution in [0.5, 0.6) is 0 Å². The highest BCUT2D eigenvalue weighted by molar-refractivity contribution is 5.79. The first-order valence-corrected chi connectivity index (χ1v) is 8.28. The monoisotopic (exact) mass is 314 g/mol. The van der Waals surface area contributed by atoms with E-state index in [0.29, 0.717) is 13.0 Å². The molecule has 2 unspecified atom stereocenters. The van der Waals surface area contributed by atoms with E-state index in [0.717, 1.165) is 31.5 Å². The normalized spacial score (nSPS) is 18.8. The van der Waals surface area contributed by atoms with E-state index in [2.05, 4.69) is 16.1 Å². The van der Waals surface area contributed by atoms with Crippen LogP contribution in [0.1, 0.15) is 25.3 Å². The number of amides is 1. The zero-order valence-corrected chi connectivity index (χ0v) is 13.7. The zero-order valence-electron chi connectivity index (χ0n) is 13.7. The summed E-state index contributed by atoms with van der Waals surface area (Å²) in [6.45, 7) is 4.24. The quantitative estimate of drug-likeness (QED) is 0.781. The van der Waals surface area contributed by atoms with Crippen LogP contribution in [0.2, 0.25) is 0 Å². The molecule has 0 spiro atoms. The van der Waals surface area contributed by atoms with Gasteiger partial charge in [-0.05, 0) is 38.4 Å². The fraction of sp³-hybridized carbons (Fsp3) is 0.526. The molecule has 1 amide bonds. The Hall–Kier alpha value is -1.83. The van der Waals surface area contributed by atoms with E-state index < -0.39 is 6.10 Å². The van der Waals surface area contributed by atoms with Gasteiger partial charge in [0.05, 0.1) is 18.7 Å². The van der Waals surface area contributed by atoms with Crippen LogP contribution in [-0.4, -0.2) is 47.7 Å². The van der Waals surface area contributed by atoms with Crippen LogP contribution in [0.25, 0.3) is 0 Å². The molecule has 2 rings (SSSR count). The topological polar surface area (TPSA) is 52.6 Å². The first-order valence-electron chi connectivity index (χ1n) is 8.28. The summed E-state index contributed by atoms with van der Waals surface area (Å²) in [5, 5.41) is 13.3. The number of piperidine rings is 1. The largest absolute Gasteiger partial charge is 0.391 e. The van der Waals surface area contributed by atoms with Crippen LogP contribution in [-0.2, 0) is 11.2 Å². The molecule has 0 bridgehead atoms. The molecule has 1 aromatic carbocycles. The summed E-state index contributed by atoms with van der Waals surface area (Å²) >= 11 is 0. The standard InChI is InChI=1S/C19H26N2O2/c1-3-11-21-12-9-17(10-13-21)19(23)20-15(2)18(22)14-16-7-5-4-6-8-16/h1,4-8,15,17-18,22H,9-14H2,2H3,(H,20,23). The molecule has 4 nitrogen and oxygen atoms in total. The van der Waals surface area contributed by atoms with Crippen molar-refractivity contribution < 1.29 is 9.90 Å². The number of carbonyl (C=O) groups excluding carboxylic acids is 1. The van der Waals surface area contributed by atoms with E-state index in [-0.39, 0.29) is 17.9 Å². The highest BCUT2D eigenvalue weighted by Crippen LogP contribution is 2.17. The van der Waals surface area contributed by atoms with Crippen molar-refractivity contribution in [2.45, 2.75) is 38.3 Å². The van der Waals surface area contributed by atoms with Crippen LogP contribution < -0.4 is 5.32 Å². The molecule has 1 aliphatic heterocycles. The number of likely N-dealkylation sites (tertiary alicyclic amines) is 1. The van der Waals surface area contributed by atoms with Crippen LogP contribution in [0.3, 0.4) is 0 Å². The van der Waals surface area contributed by atoms with Gasteiger partial charge in [0, 0.05) is 12.3 Å². The van der Waals surface area contributed by atoms with Gasteiger partial charge in [-0.3, -0.25) is 9.69 Å². The van der Waals surface area contributed by atoms with Gasteiger partial charge in [-0.15, -0.1) is 6.42 Å². The second kappa shape index (κ2) is 8.71. The van der Waals surface area contributed by atoms with Gasteiger partial charge in [0.1, 0.15) is 0 Å². The van der Waals surface area contributed by atoms with Gasteiger partial charge >= 0.3 is 0 Å². The van der Waals surface area contributed by atoms with Gasteiger partial charge in [0.2, 0.25) is 5.91 Å². The zero-order chi connectivity index (χ0) is 16.7. The maximum absolute atomic E-state index is 12.3. The Morgan fingerprint density at radius 2 is 2.04 bits per heavy atom. The third-order valence-corrected chi connectivity index (χ3v) is 4.51. The minimum Gasteiger partial charge on any atom is -0.391 e. The highest BCUT2D eigenvalue weighted by Gasteiger charge is 2.26. The summed E-state index contributed by atoms with van der Waals surface area (Å²) in [4.78, 5) is 14.5. The summed E-state index contributed by atoms with van der Waals surface area (Å²) in [7, 11) is 0. The lowest BCUT2D eigenvalue weighted by atomic mass is 9.95. The number of rotatable bonds is 6. The Bertz CT molecular complexity index is 530. The predicted molar refractivity (Wildman–Crippen MR) is 91.8 cm³/mol. The number of nitrogens with one attached hydrogen (secondary N) is 1. The van der Waals surface area contributed by atoms with E-state index in [1.54, 1.807) is 0 Å². The molecule has 4 heteroatoms. The fourth-order valence-corrected chi connectivity index (χ4v) is 2.95. The Morgan fingerprint density at radius 3 is 2.65 bits per heavy atom. The van der Waals surface area contributed by atoms with Gasteiger partial charge in [-0.1, -0.05) is 36.3 Å². The molecular formula is C19H26N2O2. The molecule has 0 saturated carbocycles. The minimum atomic E-state index is -0.581.